The predicted molar refractivity (Wildman–Crippen MR) is 74.5 cm³/mol. The largest absolute Gasteiger partial charge is 0.294 e. The maximum Gasteiger partial charge on any atom is 0.0325 e. The third-order valence-corrected chi connectivity index (χ3v) is 4.10. The van der Waals surface area contributed by atoms with Crippen molar-refractivity contribution in [1.29, 1.82) is 0 Å². The summed E-state index contributed by atoms with van der Waals surface area (Å²) in [6.45, 7) is 12.8. The third-order valence-electron chi connectivity index (χ3n) is 4.10. The van der Waals surface area contributed by atoms with Crippen molar-refractivity contribution in [1.82, 2.24) is 4.90 Å². The molecule has 0 spiro atoms. The van der Waals surface area contributed by atoms with Crippen LogP contribution in [-0.2, 0) is 6.42 Å². The van der Waals surface area contributed by atoms with Gasteiger partial charge in [-0.15, -0.1) is 0 Å². The average Bonchev–Trinajstić information content (AvgIpc) is 2.28. The lowest BCUT2D eigenvalue weighted by molar-refractivity contribution is 0.154. The minimum Gasteiger partial charge on any atom is -0.294 e. The molecular weight excluding hydrogens is 206 g/mol. The fourth-order valence-corrected chi connectivity index (χ4v) is 3.16. The van der Waals surface area contributed by atoms with E-state index in [0.29, 0.717) is 18.0 Å². The van der Waals surface area contributed by atoms with Gasteiger partial charge in [0.2, 0.25) is 0 Å². The molecule has 0 aliphatic carbocycles. The van der Waals surface area contributed by atoms with Gasteiger partial charge in [-0.2, -0.15) is 0 Å². The molecule has 1 unspecified atom stereocenters. The highest BCUT2D eigenvalue weighted by molar-refractivity contribution is 5.40. The molecule has 0 N–H and O–H groups in total. The lowest BCUT2D eigenvalue weighted by Gasteiger charge is -2.39. The zero-order valence-corrected chi connectivity index (χ0v) is 11.8. The molecule has 1 aliphatic heterocycles. The molecule has 94 valence electrons. The topological polar surface area (TPSA) is 3.24 Å². The Morgan fingerprint density at radius 3 is 2.47 bits per heavy atom. The Bertz CT molecular complexity index is 393. The monoisotopic (exact) mass is 231 g/mol. The number of fused-ring (bicyclic) bond motifs is 1. The Balaban J connectivity index is 2.41. The molecule has 1 aliphatic rings. The van der Waals surface area contributed by atoms with Crippen LogP contribution in [0.5, 0.6) is 0 Å². The molecule has 1 aromatic carbocycles. The van der Waals surface area contributed by atoms with Crippen molar-refractivity contribution in [3.63, 3.8) is 0 Å². The molecule has 0 amide bonds. The van der Waals surface area contributed by atoms with E-state index in [9.17, 15) is 0 Å². The average molecular weight is 231 g/mol. The van der Waals surface area contributed by atoms with Gasteiger partial charge < -0.3 is 0 Å². The standard InChI is InChI=1S/C16H25N/c1-11(2)14-7-6-8-15-13(5)17(12(3)4)10-9-16(14)15/h6-8,11-13H,9-10H2,1-5H3. The Labute approximate surface area is 106 Å². The first-order chi connectivity index (χ1) is 8.02. The highest BCUT2D eigenvalue weighted by Gasteiger charge is 2.27. The van der Waals surface area contributed by atoms with Crippen molar-refractivity contribution >= 4 is 0 Å². The van der Waals surface area contributed by atoms with Crippen molar-refractivity contribution < 1.29 is 0 Å². The zero-order valence-electron chi connectivity index (χ0n) is 11.8. The molecule has 1 heterocycles. The van der Waals surface area contributed by atoms with Crippen LogP contribution >= 0.6 is 0 Å². The van der Waals surface area contributed by atoms with Gasteiger partial charge in [0.1, 0.15) is 0 Å². The van der Waals surface area contributed by atoms with Gasteiger partial charge in [0.25, 0.3) is 0 Å². The second kappa shape index (κ2) is 4.81. The molecule has 0 radical (unpaired) electrons. The molecule has 0 saturated heterocycles. The summed E-state index contributed by atoms with van der Waals surface area (Å²) in [6.07, 6.45) is 1.21. The molecule has 0 aromatic heterocycles. The van der Waals surface area contributed by atoms with Crippen molar-refractivity contribution in [3.8, 4) is 0 Å². The lowest BCUT2D eigenvalue weighted by Crippen LogP contribution is -2.39. The Morgan fingerprint density at radius 2 is 1.88 bits per heavy atom. The van der Waals surface area contributed by atoms with Gasteiger partial charge in [-0.25, -0.2) is 0 Å². The summed E-state index contributed by atoms with van der Waals surface area (Å²) in [5, 5.41) is 0. The van der Waals surface area contributed by atoms with Gasteiger partial charge >= 0.3 is 0 Å². The van der Waals surface area contributed by atoms with Crippen LogP contribution in [0.15, 0.2) is 18.2 Å². The van der Waals surface area contributed by atoms with Crippen LogP contribution in [0.3, 0.4) is 0 Å². The maximum absolute atomic E-state index is 2.60. The normalized spacial score (nSPS) is 21.0. The second-order valence-corrected chi connectivity index (χ2v) is 5.83. The van der Waals surface area contributed by atoms with Crippen LogP contribution in [0, 0.1) is 0 Å². The van der Waals surface area contributed by atoms with Crippen LogP contribution in [0.4, 0.5) is 0 Å². The summed E-state index contributed by atoms with van der Waals surface area (Å²) in [5.74, 6) is 0.641. The van der Waals surface area contributed by atoms with Crippen molar-refractivity contribution in [2.75, 3.05) is 6.54 Å². The zero-order chi connectivity index (χ0) is 12.6. The fourth-order valence-electron chi connectivity index (χ4n) is 3.16. The molecular formula is C16H25N. The SMILES string of the molecule is CC(C)c1cccc2c1CCN(C(C)C)C2C. The summed E-state index contributed by atoms with van der Waals surface area (Å²) in [7, 11) is 0. The van der Waals surface area contributed by atoms with E-state index in [1.54, 1.807) is 16.7 Å². The highest BCUT2D eigenvalue weighted by Crippen LogP contribution is 2.34. The van der Waals surface area contributed by atoms with E-state index >= 15 is 0 Å². The van der Waals surface area contributed by atoms with E-state index in [2.05, 4.69) is 57.7 Å². The predicted octanol–water partition coefficient (Wildman–Crippen LogP) is 4.14. The maximum atomic E-state index is 2.60. The van der Waals surface area contributed by atoms with Gasteiger partial charge in [-0.05, 0) is 49.8 Å². The molecule has 2 rings (SSSR count). The van der Waals surface area contributed by atoms with E-state index in [-0.39, 0.29) is 0 Å². The summed E-state index contributed by atoms with van der Waals surface area (Å²) in [5.41, 5.74) is 4.72. The first kappa shape index (κ1) is 12.6. The number of hydrogen-bond acceptors (Lipinski definition) is 1. The molecule has 0 fully saturated rings. The van der Waals surface area contributed by atoms with Crippen LogP contribution in [0.2, 0.25) is 0 Å². The molecule has 0 bridgehead atoms. The van der Waals surface area contributed by atoms with Gasteiger partial charge in [0.15, 0.2) is 0 Å². The fraction of sp³-hybridized carbons (Fsp3) is 0.625. The lowest BCUT2D eigenvalue weighted by atomic mass is 9.85. The Kier molecular flexibility index (Phi) is 3.58. The van der Waals surface area contributed by atoms with E-state index in [4.69, 9.17) is 0 Å². The Hall–Kier alpha value is -0.820. The highest BCUT2D eigenvalue weighted by atomic mass is 15.2. The quantitative estimate of drug-likeness (QED) is 0.739. The number of rotatable bonds is 2. The van der Waals surface area contributed by atoms with Gasteiger partial charge in [0, 0.05) is 18.6 Å². The molecule has 1 heteroatoms. The summed E-state index contributed by atoms with van der Waals surface area (Å²) in [6, 6.07) is 8.06. The minimum atomic E-state index is 0.567. The smallest absolute Gasteiger partial charge is 0.0325 e. The first-order valence-corrected chi connectivity index (χ1v) is 6.89. The summed E-state index contributed by atoms with van der Waals surface area (Å²) < 4.78 is 0. The van der Waals surface area contributed by atoms with Crippen LogP contribution in [-0.4, -0.2) is 17.5 Å². The van der Waals surface area contributed by atoms with E-state index in [1.165, 1.54) is 13.0 Å². The van der Waals surface area contributed by atoms with Crippen LogP contribution in [0.1, 0.15) is 63.3 Å². The van der Waals surface area contributed by atoms with Gasteiger partial charge in [0.05, 0.1) is 0 Å². The molecule has 1 nitrogen and oxygen atoms in total. The van der Waals surface area contributed by atoms with E-state index in [1.807, 2.05) is 0 Å². The summed E-state index contributed by atoms with van der Waals surface area (Å²) >= 11 is 0. The van der Waals surface area contributed by atoms with Gasteiger partial charge in [-0.3, -0.25) is 4.90 Å². The molecule has 1 aromatic rings. The van der Waals surface area contributed by atoms with Crippen LogP contribution < -0.4 is 0 Å². The van der Waals surface area contributed by atoms with E-state index < -0.39 is 0 Å². The second-order valence-electron chi connectivity index (χ2n) is 5.83. The van der Waals surface area contributed by atoms with Crippen molar-refractivity contribution in [2.45, 2.75) is 59.0 Å². The van der Waals surface area contributed by atoms with Crippen molar-refractivity contribution in [3.05, 3.63) is 34.9 Å². The number of benzene rings is 1. The third kappa shape index (κ3) is 2.26. The number of nitrogens with zero attached hydrogens (tertiary/aromatic N) is 1. The minimum absolute atomic E-state index is 0.567. The Morgan fingerprint density at radius 1 is 1.18 bits per heavy atom. The van der Waals surface area contributed by atoms with Crippen LogP contribution in [0.25, 0.3) is 0 Å². The summed E-state index contributed by atoms with van der Waals surface area (Å²) in [4.78, 5) is 2.60. The molecule has 0 saturated carbocycles. The van der Waals surface area contributed by atoms with Gasteiger partial charge in [-0.1, -0.05) is 32.0 Å². The van der Waals surface area contributed by atoms with Crippen molar-refractivity contribution in [2.24, 2.45) is 0 Å². The molecule has 1 atom stereocenters. The number of hydrogen-bond donors (Lipinski definition) is 0. The van der Waals surface area contributed by atoms with E-state index in [0.717, 1.165) is 0 Å². The first-order valence-electron chi connectivity index (χ1n) is 6.89. The molecule has 17 heavy (non-hydrogen) atoms.